The molecule has 0 spiro atoms. The molecule has 0 aromatic heterocycles. The molecule has 23 heavy (non-hydrogen) atoms. The van der Waals surface area contributed by atoms with Gasteiger partial charge in [0.25, 0.3) is 0 Å². The molecule has 2 aromatic carbocycles. The second-order valence-corrected chi connectivity index (χ2v) is 7.01. The number of aryl methyl sites for hydroxylation is 3. The number of hydrogen-bond donors (Lipinski definition) is 1. The zero-order valence-corrected chi connectivity index (χ0v) is 14.7. The highest BCUT2D eigenvalue weighted by Crippen LogP contribution is 2.27. The van der Waals surface area contributed by atoms with Gasteiger partial charge >= 0.3 is 0 Å². The van der Waals surface area contributed by atoms with Crippen molar-refractivity contribution in [2.45, 2.75) is 20.8 Å². The van der Waals surface area contributed by atoms with Crippen LogP contribution in [0.25, 0.3) is 5.70 Å². The van der Waals surface area contributed by atoms with Gasteiger partial charge in [-0.25, -0.2) is 0 Å². The largest absolute Gasteiger partial charge is 0.355 e. The Labute approximate surface area is 142 Å². The molecule has 3 rings (SSSR count). The Bertz CT molecular complexity index is 737. The second kappa shape index (κ2) is 7.05. The van der Waals surface area contributed by atoms with Crippen LogP contribution in [0.1, 0.15) is 22.3 Å². The summed E-state index contributed by atoms with van der Waals surface area (Å²) in [5.41, 5.74) is 7.31. The number of rotatable bonds is 4. The van der Waals surface area contributed by atoms with E-state index < -0.39 is 0 Å². The highest BCUT2D eigenvalue weighted by Gasteiger charge is 2.11. The van der Waals surface area contributed by atoms with E-state index in [0.29, 0.717) is 0 Å². The summed E-state index contributed by atoms with van der Waals surface area (Å²) in [4.78, 5) is 4.56. The number of benzene rings is 2. The lowest BCUT2D eigenvalue weighted by atomic mass is 10.0. The normalized spacial score (nSPS) is 14.7. The molecule has 0 atom stereocenters. The molecule has 0 radical (unpaired) electrons. The van der Waals surface area contributed by atoms with E-state index in [2.05, 4.69) is 73.6 Å². The van der Waals surface area contributed by atoms with Crippen LogP contribution in [0.4, 0.5) is 5.69 Å². The fraction of sp³-hybridized carbons (Fsp3) is 0.250. The molecule has 0 saturated heterocycles. The molecule has 1 aliphatic heterocycles. The van der Waals surface area contributed by atoms with Crippen molar-refractivity contribution in [3.8, 4) is 0 Å². The first-order valence-electron chi connectivity index (χ1n) is 7.93. The molecule has 2 aromatic rings. The van der Waals surface area contributed by atoms with Gasteiger partial charge in [0.15, 0.2) is 0 Å². The third-order valence-electron chi connectivity index (χ3n) is 3.90. The molecule has 1 aliphatic rings. The van der Waals surface area contributed by atoms with E-state index in [9.17, 15) is 0 Å². The standard InChI is InChI=1S/C20H22N2S/c1-14-11-15(2)20(16(3)12-14)22-18(13-19-21-9-10-23-19)17-7-5-4-6-8-17/h4-8,11-13,22H,9-10H2,1-3H3. The maximum Gasteiger partial charge on any atom is 0.0926 e. The van der Waals surface area contributed by atoms with Crippen LogP contribution in [0.3, 0.4) is 0 Å². The van der Waals surface area contributed by atoms with Crippen molar-refractivity contribution in [2.24, 2.45) is 4.99 Å². The molecule has 1 N–H and O–H groups in total. The summed E-state index contributed by atoms with van der Waals surface area (Å²) in [7, 11) is 0. The smallest absolute Gasteiger partial charge is 0.0926 e. The second-order valence-electron chi connectivity index (χ2n) is 5.89. The van der Waals surface area contributed by atoms with Gasteiger partial charge in [-0.2, -0.15) is 0 Å². The van der Waals surface area contributed by atoms with Crippen LogP contribution in [0.5, 0.6) is 0 Å². The predicted molar refractivity (Wildman–Crippen MR) is 103 cm³/mol. The fourth-order valence-corrected chi connectivity index (χ4v) is 3.66. The van der Waals surface area contributed by atoms with Gasteiger partial charge in [0, 0.05) is 23.7 Å². The highest BCUT2D eigenvalue weighted by atomic mass is 32.2. The van der Waals surface area contributed by atoms with Gasteiger partial charge in [-0.05, 0) is 43.5 Å². The molecule has 0 bridgehead atoms. The highest BCUT2D eigenvalue weighted by molar-refractivity contribution is 8.14. The molecule has 1 heterocycles. The van der Waals surface area contributed by atoms with Gasteiger partial charge in [-0.1, -0.05) is 48.0 Å². The van der Waals surface area contributed by atoms with E-state index in [0.717, 1.165) is 23.0 Å². The number of thioether (sulfide) groups is 1. The minimum Gasteiger partial charge on any atom is -0.355 e. The van der Waals surface area contributed by atoms with Gasteiger partial charge in [-0.15, -0.1) is 11.8 Å². The van der Waals surface area contributed by atoms with Crippen LogP contribution in [0.2, 0.25) is 0 Å². The van der Waals surface area contributed by atoms with Gasteiger partial charge in [0.2, 0.25) is 0 Å². The molecule has 2 nitrogen and oxygen atoms in total. The quantitative estimate of drug-likeness (QED) is 0.835. The van der Waals surface area contributed by atoms with Crippen molar-refractivity contribution < 1.29 is 0 Å². The van der Waals surface area contributed by atoms with Crippen LogP contribution in [-0.2, 0) is 0 Å². The van der Waals surface area contributed by atoms with Crippen molar-refractivity contribution in [3.63, 3.8) is 0 Å². The lowest BCUT2D eigenvalue weighted by Gasteiger charge is -2.17. The van der Waals surface area contributed by atoms with Gasteiger partial charge in [-0.3, -0.25) is 4.99 Å². The molecule has 3 heteroatoms. The fourth-order valence-electron chi connectivity index (χ4n) is 2.88. The van der Waals surface area contributed by atoms with Crippen molar-refractivity contribution in [1.82, 2.24) is 0 Å². The van der Waals surface area contributed by atoms with Crippen molar-refractivity contribution in [3.05, 3.63) is 70.8 Å². The topological polar surface area (TPSA) is 24.4 Å². The SMILES string of the molecule is Cc1cc(C)c(NC(=CC2=NCCS2)c2ccccc2)c(C)c1. The third-order valence-corrected chi connectivity index (χ3v) is 4.83. The zero-order valence-electron chi connectivity index (χ0n) is 13.9. The molecule has 118 valence electrons. The van der Waals surface area contributed by atoms with Crippen LogP contribution < -0.4 is 5.32 Å². The average Bonchev–Trinajstić information content (AvgIpc) is 3.03. The number of aliphatic imine (C=N–C) groups is 1. The molecule has 0 unspecified atom stereocenters. The Kier molecular flexibility index (Phi) is 4.87. The predicted octanol–water partition coefficient (Wildman–Crippen LogP) is 5.21. The van der Waals surface area contributed by atoms with E-state index in [-0.39, 0.29) is 0 Å². The Hall–Kier alpha value is -2.00. The first-order valence-corrected chi connectivity index (χ1v) is 8.91. The lowest BCUT2D eigenvalue weighted by Crippen LogP contribution is -2.04. The summed E-state index contributed by atoms with van der Waals surface area (Å²) in [6.07, 6.45) is 2.17. The summed E-state index contributed by atoms with van der Waals surface area (Å²) in [6.45, 7) is 7.38. The van der Waals surface area contributed by atoms with Gasteiger partial charge in [0.1, 0.15) is 0 Å². The van der Waals surface area contributed by atoms with Gasteiger partial charge < -0.3 is 5.32 Å². The Morgan fingerprint density at radius 2 is 1.78 bits per heavy atom. The van der Waals surface area contributed by atoms with Gasteiger partial charge in [0.05, 0.1) is 5.04 Å². The van der Waals surface area contributed by atoms with E-state index >= 15 is 0 Å². The lowest BCUT2D eigenvalue weighted by molar-refractivity contribution is 1.18. The monoisotopic (exact) mass is 322 g/mol. The molecule has 0 saturated carbocycles. The average molecular weight is 322 g/mol. The molecular weight excluding hydrogens is 300 g/mol. The maximum absolute atomic E-state index is 4.56. The van der Waals surface area contributed by atoms with E-state index in [1.54, 1.807) is 0 Å². The molecular formula is C20H22N2S. The Morgan fingerprint density at radius 1 is 1.09 bits per heavy atom. The Balaban J connectivity index is 2.00. The van der Waals surface area contributed by atoms with Crippen molar-refractivity contribution >= 4 is 28.2 Å². The maximum atomic E-state index is 4.56. The first-order chi connectivity index (χ1) is 11.1. The van der Waals surface area contributed by atoms with Crippen LogP contribution in [-0.4, -0.2) is 17.3 Å². The van der Waals surface area contributed by atoms with Crippen LogP contribution in [0.15, 0.2) is 53.5 Å². The van der Waals surface area contributed by atoms with Crippen molar-refractivity contribution in [1.29, 1.82) is 0 Å². The summed E-state index contributed by atoms with van der Waals surface area (Å²) in [5.74, 6) is 1.08. The number of nitrogens with one attached hydrogen (secondary N) is 1. The summed E-state index contributed by atoms with van der Waals surface area (Å²) in [5, 5.41) is 4.76. The minimum absolute atomic E-state index is 0.918. The van der Waals surface area contributed by atoms with E-state index in [1.165, 1.54) is 27.9 Å². The van der Waals surface area contributed by atoms with E-state index in [4.69, 9.17) is 0 Å². The number of anilines is 1. The Morgan fingerprint density at radius 3 is 2.39 bits per heavy atom. The van der Waals surface area contributed by atoms with E-state index in [1.807, 2.05) is 17.8 Å². The van der Waals surface area contributed by atoms with Crippen molar-refractivity contribution in [2.75, 3.05) is 17.6 Å². The van der Waals surface area contributed by atoms with Crippen LogP contribution in [0, 0.1) is 20.8 Å². The molecule has 0 aliphatic carbocycles. The summed E-state index contributed by atoms with van der Waals surface area (Å²) >= 11 is 1.82. The third kappa shape index (κ3) is 3.85. The molecule has 0 amide bonds. The number of nitrogens with zero attached hydrogens (tertiary/aromatic N) is 1. The minimum atomic E-state index is 0.918. The van der Waals surface area contributed by atoms with Crippen LogP contribution >= 0.6 is 11.8 Å². The first kappa shape index (κ1) is 15.9. The summed E-state index contributed by atoms with van der Waals surface area (Å²) in [6, 6.07) is 14.9. The summed E-state index contributed by atoms with van der Waals surface area (Å²) < 4.78 is 0. The zero-order chi connectivity index (χ0) is 16.2. The number of hydrogen-bond acceptors (Lipinski definition) is 3. The molecule has 0 fully saturated rings.